The molecule has 164 valence electrons. The molecule has 8 nitrogen and oxygen atoms in total. The first-order valence-corrected chi connectivity index (χ1v) is 11.3. The molecule has 0 bridgehead atoms. The lowest BCUT2D eigenvalue weighted by molar-refractivity contribution is 0.0434. The molecular weight excluding hydrogens is 474 g/mol. The van der Waals surface area contributed by atoms with Gasteiger partial charge in [-0.25, -0.2) is 14.8 Å². The Bertz CT molecular complexity index is 952. The van der Waals surface area contributed by atoms with Crippen LogP contribution in [0.15, 0.2) is 16.9 Å². The molecule has 0 saturated carbocycles. The molecule has 2 aromatic rings. The van der Waals surface area contributed by atoms with E-state index < -0.39 is 11.7 Å². The van der Waals surface area contributed by atoms with Gasteiger partial charge in [-0.2, -0.15) is 0 Å². The van der Waals surface area contributed by atoms with Crippen LogP contribution in [0, 0.1) is 5.41 Å². The molecule has 30 heavy (non-hydrogen) atoms. The average molecular weight is 501 g/mol. The van der Waals surface area contributed by atoms with Gasteiger partial charge >= 0.3 is 6.09 Å². The largest absolute Gasteiger partial charge is 0.444 e. The number of alkyl carbamates (subject to hydrolysis) is 1. The fraction of sp³-hybridized carbons (Fsp3) is 0.650. The van der Waals surface area contributed by atoms with E-state index in [4.69, 9.17) is 21.1 Å². The number of fused-ring (bicyclic) bond motifs is 1. The highest BCUT2D eigenvalue weighted by Crippen LogP contribution is 2.43. The number of hydrogen-bond donors (Lipinski definition) is 1. The maximum absolute atomic E-state index is 12.4. The number of amides is 1. The van der Waals surface area contributed by atoms with Crippen LogP contribution in [-0.2, 0) is 9.47 Å². The summed E-state index contributed by atoms with van der Waals surface area (Å²) in [5, 5.41) is 3.47. The summed E-state index contributed by atoms with van der Waals surface area (Å²) in [6, 6.07) is -0.0933. The Kier molecular flexibility index (Phi) is 5.65. The maximum Gasteiger partial charge on any atom is 0.407 e. The molecule has 0 radical (unpaired) electrons. The number of carbonyl (C=O) groups excluding carboxylic acids is 1. The van der Waals surface area contributed by atoms with E-state index in [2.05, 4.69) is 36.1 Å². The number of rotatable bonds is 2. The molecule has 2 saturated heterocycles. The van der Waals surface area contributed by atoms with E-state index in [1.165, 1.54) is 0 Å². The van der Waals surface area contributed by atoms with Gasteiger partial charge in [0.05, 0.1) is 23.2 Å². The molecule has 1 amide bonds. The van der Waals surface area contributed by atoms with Crippen molar-refractivity contribution in [2.75, 3.05) is 24.6 Å². The van der Waals surface area contributed by atoms with E-state index in [1.54, 1.807) is 6.20 Å². The van der Waals surface area contributed by atoms with Crippen LogP contribution in [0.3, 0.4) is 0 Å². The molecule has 10 heteroatoms. The van der Waals surface area contributed by atoms with Gasteiger partial charge in [0.25, 0.3) is 0 Å². The molecule has 4 heterocycles. The highest BCUT2D eigenvalue weighted by atomic mass is 79.9. The number of hydrogen-bond acceptors (Lipinski definition) is 6. The second-order valence-electron chi connectivity index (χ2n) is 9.13. The number of aromatic nitrogens is 3. The number of anilines is 1. The molecule has 1 spiro atoms. The zero-order valence-corrected chi connectivity index (χ0v) is 20.0. The Labute approximate surface area is 189 Å². The van der Waals surface area contributed by atoms with Crippen LogP contribution in [-0.4, -0.2) is 57.9 Å². The van der Waals surface area contributed by atoms with Crippen LogP contribution in [0.4, 0.5) is 10.7 Å². The maximum atomic E-state index is 12.4. The molecule has 2 atom stereocenters. The monoisotopic (exact) mass is 499 g/mol. The summed E-state index contributed by atoms with van der Waals surface area (Å²) in [5.41, 5.74) is 0.0824. The van der Waals surface area contributed by atoms with Crippen molar-refractivity contribution in [2.45, 2.75) is 58.3 Å². The zero-order chi connectivity index (χ0) is 21.7. The van der Waals surface area contributed by atoms with Crippen LogP contribution >= 0.6 is 27.5 Å². The molecule has 0 aliphatic carbocycles. The quantitative estimate of drug-likeness (QED) is 0.627. The summed E-state index contributed by atoms with van der Waals surface area (Å²) in [5.74, 6) is 0.772. The van der Waals surface area contributed by atoms with Gasteiger partial charge in [0, 0.05) is 30.9 Å². The molecule has 2 aromatic heterocycles. The Morgan fingerprint density at radius 1 is 1.40 bits per heavy atom. The lowest BCUT2D eigenvalue weighted by Gasteiger charge is -2.43. The minimum atomic E-state index is -0.536. The van der Waals surface area contributed by atoms with Gasteiger partial charge in [0.2, 0.25) is 5.95 Å². The van der Waals surface area contributed by atoms with Crippen molar-refractivity contribution in [3.05, 3.63) is 22.0 Å². The van der Waals surface area contributed by atoms with Crippen molar-refractivity contribution in [1.29, 1.82) is 0 Å². The first-order valence-electron chi connectivity index (χ1n) is 10.1. The number of nitrogens with one attached hydrogen (secondary N) is 1. The van der Waals surface area contributed by atoms with Crippen molar-refractivity contribution in [2.24, 2.45) is 5.41 Å². The third-order valence-corrected chi connectivity index (χ3v) is 7.14. The van der Waals surface area contributed by atoms with Gasteiger partial charge in [-0.1, -0.05) is 11.6 Å². The van der Waals surface area contributed by atoms with E-state index >= 15 is 0 Å². The first kappa shape index (κ1) is 21.6. The number of piperidine rings is 1. The highest BCUT2D eigenvalue weighted by Gasteiger charge is 2.50. The van der Waals surface area contributed by atoms with E-state index in [-0.39, 0.29) is 17.6 Å². The van der Waals surface area contributed by atoms with Gasteiger partial charge in [0.1, 0.15) is 5.60 Å². The van der Waals surface area contributed by atoms with Gasteiger partial charge < -0.3 is 19.7 Å². The Hall–Kier alpha value is -1.58. The minimum Gasteiger partial charge on any atom is -0.444 e. The molecule has 2 aliphatic rings. The van der Waals surface area contributed by atoms with E-state index in [1.807, 2.05) is 38.3 Å². The van der Waals surface area contributed by atoms with E-state index in [0.29, 0.717) is 16.2 Å². The van der Waals surface area contributed by atoms with Crippen LogP contribution in [0.25, 0.3) is 5.65 Å². The molecule has 0 unspecified atom stereocenters. The third-order valence-electron chi connectivity index (χ3n) is 5.91. The summed E-state index contributed by atoms with van der Waals surface area (Å²) in [4.78, 5) is 23.6. The number of imidazole rings is 1. The third kappa shape index (κ3) is 3.99. The highest BCUT2D eigenvalue weighted by molar-refractivity contribution is 9.10. The SMILES string of the molecule is C[C@@H]1OCC2(CCN(c3nc(Cl)c(Br)c4nccn34)CC2)[C@@H]1NC(=O)OC(C)(C)C. The van der Waals surface area contributed by atoms with E-state index in [0.717, 1.165) is 37.5 Å². The normalized spacial score (nSPS) is 23.9. The Morgan fingerprint density at radius 3 is 2.77 bits per heavy atom. The van der Waals surface area contributed by atoms with Crippen molar-refractivity contribution >= 4 is 45.2 Å². The standard InChI is InChI=1S/C20H27BrClN5O3/c1-12-14(24-18(28)30-19(2,3)4)20(11-29-12)5-8-26(9-6-20)17-25-15(22)13(21)16-23-7-10-27(16)17/h7,10,12,14H,5-6,8-9,11H2,1-4H3,(H,24,28)/t12-,14+/m0/s1. The fourth-order valence-corrected chi connectivity index (χ4v) is 4.97. The summed E-state index contributed by atoms with van der Waals surface area (Å²) >= 11 is 9.78. The van der Waals surface area contributed by atoms with E-state index in [9.17, 15) is 4.79 Å². The zero-order valence-electron chi connectivity index (χ0n) is 17.6. The average Bonchev–Trinajstić information content (AvgIpc) is 3.26. The lowest BCUT2D eigenvalue weighted by atomic mass is 9.73. The van der Waals surface area contributed by atoms with Crippen molar-refractivity contribution in [3.63, 3.8) is 0 Å². The number of ether oxygens (including phenoxy) is 2. The van der Waals surface area contributed by atoms with Crippen LogP contribution in [0.2, 0.25) is 5.15 Å². The first-order chi connectivity index (χ1) is 14.1. The number of nitrogens with zero attached hydrogens (tertiary/aromatic N) is 4. The Morgan fingerprint density at radius 2 is 2.10 bits per heavy atom. The van der Waals surface area contributed by atoms with Crippen LogP contribution < -0.4 is 10.2 Å². The molecule has 2 aliphatic heterocycles. The van der Waals surface area contributed by atoms with Crippen LogP contribution in [0.5, 0.6) is 0 Å². The Balaban J connectivity index is 1.51. The number of carbonyl (C=O) groups is 1. The van der Waals surface area contributed by atoms with Crippen molar-refractivity contribution in [1.82, 2.24) is 19.7 Å². The number of halogens is 2. The molecular formula is C20H27BrClN5O3. The summed E-state index contributed by atoms with van der Waals surface area (Å²) < 4.78 is 14.1. The smallest absolute Gasteiger partial charge is 0.407 e. The topological polar surface area (TPSA) is 81.0 Å². The van der Waals surface area contributed by atoms with Gasteiger partial charge in [-0.3, -0.25) is 4.40 Å². The molecule has 4 rings (SSSR count). The predicted molar refractivity (Wildman–Crippen MR) is 118 cm³/mol. The lowest BCUT2D eigenvalue weighted by Crippen LogP contribution is -2.55. The summed E-state index contributed by atoms with van der Waals surface area (Å²) in [6.45, 7) is 9.78. The van der Waals surface area contributed by atoms with Gasteiger partial charge in [-0.15, -0.1) is 0 Å². The second kappa shape index (κ2) is 7.84. The van der Waals surface area contributed by atoms with Crippen molar-refractivity contribution in [3.8, 4) is 0 Å². The summed E-state index contributed by atoms with van der Waals surface area (Å²) in [6.07, 6.45) is 4.89. The summed E-state index contributed by atoms with van der Waals surface area (Å²) in [7, 11) is 0. The fourth-order valence-electron chi connectivity index (χ4n) is 4.43. The van der Waals surface area contributed by atoms with Crippen molar-refractivity contribution < 1.29 is 14.3 Å². The van der Waals surface area contributed by atoms with Crippen LogP contribution in [0.1, 0.15) is 40.5 Å². The van der Waals surface area contributed by atoms with Gasteiger partial charge in [-0.05, 0) is 56.5 Å². The second-order valence-corrected chi connectivity index (χ2v) is 10.3. The predicted octanol–water partition coefficient (Wildman–Crippen LogP) is 4.04. The van der Waals surface area contributed by atoms with Gasteiger partial charge in [0.15, 0.2) is 10.8 Å². The molecule has 0 aromatic carbocycles. The molecule has 1 N–H and O–H groups in total. The molecule has 2 fully saturated rings. The minimum absolute atomic E-state index is 0.0651.